The molecule has 0 radical (unpaired) electrons. The average Bonchev–Trinajstić information content (AvgIpc) is 3.03. The van der Waals surface area contributed by atoms with Crippen molar-refractivity contribution in [3.8, 4) is 5.75 Å². The predicted molar refractivity (Wildman–Crippen MR) is 79.6 cm³/mol. The summed E-state index contributed by atoms with van der Waals surface area (Å²) in [5.74, 6) is -1.75. The monoisotopic (exact) mass is 325 g/mol. The van der Waals surface area contributed by atoms with Crippen LogP contribution in [0.3, 0.4) is 0 Å². The Morgan fingerprint density at radius 3 is 2.70 bits per heavy atom. The van der Waals surface area contributed by atoms with E-state index in [0.717, 1.165) is 0 Å². The Morgan fingerprint density at radius 2 is 2.09 bits per heavy atom. The number of para-hydroxylation sites is 1. The molecule has 3 atom stereocenters. The van der Waals surface area contributed by atoms with E-state index in [1.165, 1.54) is 12.1 Å². The molecule has 2 N–H and O–H groups in total. The number of amides is 1. The van der Waals surface area contributed by atoms with E-state index in [2.05, 4.69) is 5.32 Å². The second-order valence-electron chi connectivity index (χ2n) is 5.35. The number of carboxylic acid groups (broad SMARTS) is 1. The lowest BCUT2D eigenvalue weighted by Crippen LogP contribution is -2.41. The van der Waals surface area contributed by atoms with E-state index in [4.69, 9.17) is 14.6 Å². The lowest BCUT2D eigenvalue weighted by atomic mass is 10.2. The molecule has 0 saturated carbocycles. The summed E-state index contributed by atoms with van der Waals surface area (Å²) in [4.78, 5) is 22.8. The minimum Gasteiger partial charge on any atom is -0.486 e. The van der Waals surface area contributed by atoms with Gasteiger partial charge < -0.3 is 19.9 Å². The van der Waals surface area contributed by atoms with Crippen molar-refractivity contribution in [2.45, 2.75) is 44.5 Å². The second-order valence-corrected chi connectivity index (χ2v) is 5.35. The standard InChI is InChI=1S/C16H20FNO5/c1-2-10(22-12-6-4-3-5-11(12)17)9-18-15(19)13-7-8-14(23-13)16(20)21/h3-6,10,13-14H,2,7-9H2,1H3,(H,18,19)(H,20,21)/t10?,13-,14+/m0/s1. The molecule has 6 nitrogen and oxygen atoms in total. The van der Waals surface area contributed by atoms with Gasteiger partial charge in [0.25, 0.3) is 0 Å². The predicted octanol–water partition coefficient (Wildman–Crippen LogP) is 1.73. The van der Waals surface area contributed by atoms with Gasteiger partial charge in [-0.15, -0.1) is 0 Å². The number of aliphatic carboxylic acids is 1. The van der Waals surface area contributed by atoms with Gasteiger partial charge >= 0.3 is 5.97 Å². The molecule has 1 heterocycles. The van der Waals surface area contributed by atoms with E-state index in [9.17, 15) is 14.0 Å². The Bertz CT molecular complexity index is 565. The molecule has 1 saturated heterocycles. The van der Waals surface area contributed by atoms with Gasteiger partial charge in [0, 0.05) is 0 Å². The van der Waals surface area contributed by atoms with Crippen LogP contribution >= 0.6 is 0 Å². The zero-order chi connectivity index (χ0) is 16.8. The van der Waals surface area contributed by atoms with Crippen molar-refractivity contribution in [2.75, 3.05) is 6.54 Å². The number of carbonyl (C=O) groups is 2. The van der Waals surface area contributed by atoms with Crippen LogP contribution < -0.4 is 10.1 Å². The first kappa shape index (κ1) is 17.2. The molecule has 1 aliphatic heterocycles. The number of carboxylic acids is 1. The summed E-state index contributed by atoms with van der Waals surface area (Å²) >= 11 is 0. The van der Waals surface area contributed by atoms with Crippen LogP contribution in [0.5, 0.6) is 5.75 Å². The van der Waals surface area contributed by atoms with Crippen LogP contribution in [0.15, 0.2) is 24.3 Å². The highest BCUT2D eigenvalue weighted by Gasteiger charge is 2.34. The first-order valence-corrected chi connectivity index (χ1v) is 7.58. The molecule has 1 aliphatic rings. The van der Waals surface area contributed by atoms with Crippen molar-refractivity contribution in [3.05, 3.63) is 30.1 Å². The molecular weight excluding hydrogens is 305 g/mol. The lowest BCUT2D eigenvalue weighted by molar-refractivity contribution is -0.151. The molecule has 126 valence electrons. The SMILES string of the molecule is CCC(CNC(=O)[C@@H]1CC[C@H](C(=O)O)O1)Oc1ccccc1F. The first-order chi connectivity index (χ1) is 11.0. The van der Waals surface area contributed by atoms with Gasteiger partial charge in [-0.25, -0.2) is 9.18 Å². The maximum atomic E-state index is 13.6. The Kier molecular flexibility index (Phi) is 5.92. The summed E-state index contributed by atoms with van der Waals surface area (Å²) in [7, 11) is 0. The van der Waals surface area contributed by atoms with Gasteiger partial charge in [0.1, 0.15) is 12.2 Å². The summed E-state index contributed by atoms with van der Waals surface area (Å²) in [5, 5.41) is 11.5. The number of nitrogens with one attached hydrogen (secondary N) is 1. The summed E-state index contributed by atoms with van der Waals surface area (Å²) < 4.78 is 24.3. The van der Waals surface area contributed by atoms with Crippen molar-refractivity contribution in [3.63, 3.8) is 0 Å². The van der Waals surface area contributed by atoms with Gasteiger partial charge in [0.05, 0.1) is 6.54 Å². The molecule has 1 fully saturated rings. The molecule has 23 heavy (non-hydrogen) atoms. The van der Waals surface area contributed by atoms with Crippen molar-refractivity contribution >= 4 is 11.9 Å². The largest absolute Gasteiger partial charge is 0.486 e. The van der Waals surface area contributed by atoms with Gasteiger partial charge in [0.2, 0.25) is 5.91 Å². The topological polar surface area (TPSA) is 84.9 Å². The number of hydrogen-bond acceptors (Lipinski definition) is 4. The molecule has 7 heteroatoms. The molecule has 1 amide bonds. The zero-order valence-electron chi connectivity index (χ0n) is 12.8. The summed E-state index contributed by atoms with van der Waals surface area (Å²) in [6.07, 6.45) is -0.806. The van der Waals surface area contributed by atoms with E-state index in [1.54, 1.807) is 12.1 Å². The second kappa shape index (κ2) is 7.92. The molecular formula is C16H20FNO5. The van der Waals surface area contributed by atoms with E-state index in [0.29, 0.717) is 19.3 Å². The summed E-state index contributed by atoms with van der Waals surface area (Å²) in [6.45, 7) is 2.06. The third kappa shape index (κ3) is 4.66. The van der Waals surface area contributed by atoms with E-state index in [-0.39, 0.29) is 24.3 Å². The fraction of sp³-hybridized carbons (Fsp3) is 0.500. The maximum Gasteiger partial charge on any atom is 0.332 e. The molecule has 0 bridgehead atoms. The van der Waals surface area contributed by atoms with Gasteiger partial charge in [-0.3, -0.25) is 4.79 Å². The van der Waals surface area contributed by atoms with Crippen LogP contribution in [0, 0.1) is 5.82 Å². The molecule has 0 aliphatic carbocycles. The van der Waals surface area contributed by atoms with Gasteiger partial charge in [-0.05, 0) is 31.4 Å². The van der Waals surface area contributed by atoms with Crippen molar-refractivity contribution in [1.82, 2.24) is 5.32 Å². The van der Waals surface area contributed by atoms with Crippen LogP contribution in [0.25, 0.3) is 0 Å². The third-order valence-corrected chi connectivity index (χ3v) is 3.68. The quantitative estimate of drug-likeness (QED) is 0.797. The van der Waals surface area contributed by atoms with Crippen LogP contribution in [0.4, 0.5) is 4.39 Å². The van der Waals surface area contributed by atoms with Crippen molar-refractivity contribution < 1.29 is 28.6 Å². The number of carbonyl (C=O) groups excluding carboxylic acids is 1. The molecule has 0 spiro atoms. The van der Waals surface area contributed by atoms with Gasteiger partial charge in [0.15, 0.2) is 17.7 Å². The first-order valence-electron chi connectivity index (χ1n) is 7.58. The molecule has 2 rings (SSSR count). The smallest absolute Gasteiger partial charge is 0.332 e. The maximum absolute atomic E-state index is 13.6. The molecule has 1 aromatic carbocycles. The van der Waals surface area contributed by atoms with Crippen molar-refractivity contribution in [2.24, 2.45) is 0 Å². The normalized spacial score (nSPS) is 21.7. The Hall–Kier alpha value is -2.15. The minimum atomic E-state index is -1.06. The summed E-state index contributed by atoms with van der Waals surface area (Å²) in [6, 6.07) is 6.07. The number of rotatable bonds is 7. The Labute approximate surface area is 133 Å². The van der Waals surface area contributed by atoms with Crippen LogP contribution in [-0.4, -0.2) is 41.8 Å². The third-order valence-electron chi connectivity index (χ3n) is 3.68. The molecule has 1 aromatic rings. The zero-order valence-corrected chi connectivity index (χ0v) is 12.8. The highest BCUT2D eigenvalue weighted by atomic mass is 19.1. The van der Waals surface area contributed by atoms with Crippen LogP contribution in [-0.2, 0) is 14.3 Å². The Balaban J connectivity index is 1.82. The lowest BCUT2D eigenvalue weighted by Gasteiger charge is -2.19. The van der Waals surface area contributed by atoms with Crippen LogP contribution in [0.2, 0.25) is 0 Å². The summed E-state index contributed by atoms with van der Waals surface area (Å²) in [5.41, 5.74) is 0. The number of ether oxygens (including phenoxy) is 2. The fourth-order valence-electron chi connectivity index (χ4n) is 2.33. The number of benzene rings is 1. The van der Waals surface area contributed by atoms with E-state index in [1.807, 2.05) is 6.92 Å². The fourth-order valence-corrected chi connectivity index (χ4v) is 2.33. The number of hydrogen-bond donors (Lipinski definition) is 2. The Morgan fingerprint density at radius 1 is 1.39 bits per heavy atom. The van der Waals surface area contributed by atoms with Gasteiger partial charge in [-0.1, -0.05) is 19.1 Å². The average molecular weight is 325 g/mol. The van der Waals surface area contributed by atoms with Gasteiger partial charge in [-0.2, -0.15) is 0 Å². The van der Waals surface area contributed by atoms with E-state index >= 15 is 0 Å². The highest BCUT2D eigenvalue weighted by Crippen LogP contribution is 2.20. The van der Waals surface area contributed by atoms with Crippen LogP contribution in [0.1, 0.15) is 26.2 Å². The minimum absolute atomic E-state index is 0.136. The molecule has 0 aromatic heterocycles. The highest BCUT2D eigenvalue weighted by molar-refractivity contribution is 5.82. The van der Waals surface area contributed by atoms with E-state index < -0.39 is 24.0 Å². The van der Waals surface area contributed by atoms with Crippen molar-refractivity contribution in [1.29, 1.82) is 0 Å². The molecule has 1 unspecified atom stereocenters. The number of halogens is 1.